The number of hydrogen-bond donors (Lipinski definition) is 3. The summed E-state index contributed by atoms with van der Waals surface area (Å²) in [6, 6.07) is 8.47. The van der Waals surface area contributed by atoms with E-state index in [4.69, 9.17) is 0 Å². The highest BCUT2D eigenvalue weighted by atomic mass is 15.7. The molecule has 5 nitrogen and oxygen atoms in total. The van der Waals surface area contributed by atoms with Gasteiger partial charge in [0.25, 0.3) is 0 Å². The third-order valence-corrected chi connectivity index (χ3v) is 2.68. The Hall–Kier alpha value is -1.62. The van der Waals surface area contributed by atoms with Gasteiger partial charge in [-0.3, -0.25) is 0 Å². The van der Waals surface area contributed by atoms with Crippen molar-refractivity contribution in [3.8, 4) is 0 Å². The van der Waals surface area contributed by atoms with E-state index in [-0.39, 0.29) is 6.17 Å². The number of benzene rings is 1. The van der Waals surface area contributed by atoms with E-state index in [9.17, 15) is 0 Å². The number of hydrazine groups is 1. The third kappa shape index (κ3) is 4.00. The van der Waals surface area contributed by atoms with Gasteiger partial charge >= 0.3 is 0 Å². The molecule has 1 aromatic carbocycles. The van der Waals surface area contributed by atoms with Gasteiger partial charge in [-0.15, -0.1) is 5.11 Å². The van der Waals surface area contributed by atoms with Gasteiger partial charge in [0.2, 0.25) is 0 Å². The summed E-state index contributed by atoms with van der Waals surface area (Å²) in [5, 5.41) is 11.1. The van der Waals surface area contributed by atoms with Crippen LogP contribution in [0, 0.1) is 5.41 Å². The lowest BCUT2D eigenvalue weighted by Gasteiger charge is -2.19. The van der Waals surface area contributed by atoms with Gasteiger partial charge in [0.1, 0.15) is 6.17 Å². The van der Waals surface area contributed by atoms with Crippen molar-refractivity contribution in [3.05, 3.63) is 29.8 Å². The fraction of sp³-hybridized carbons (Fsp3) is 0.538. The van der Waals surface area contributed by atoms with E-state index < -0.39 is 0 Å². The maximum atomic E-state index is 4.01. The molecule has 0 spiro atoms. The normalized spacial score (nSPS) is 18.7. The lowest BCUT2D eigenvalue weighted by Crippen LogP contribution is -2.31. The molecule has 18 heavy (non-hydrogen) atoms. The van der Waals surface area contributed by atoms with Crippen LogP contribution >= 0.6 is 0 Å². The van der Waals surface area contributed by atoms with E-state index >= 15 is 0 Å². The summed E-state index contributed by atoms with van der Waals surface area (Å²) in [5.74, 6) is 0. The molecular formula is C13H21N5. The van der Waals surface area contributed by atoms with Crippen LogP contribution in [0.2, 0.25) is 0 Å². The van der Waals surface area contributed by atoms with E-state index in [1.165, 1.54) is 5.56 Å². The molecule has 0 aromatic heterocycles. The number of anilines is 1. The van der Waals surface area contributed by atoms with Crippen molar-refractivity contribution in [3.63, 3.8) is 0 Å². The van der Waals surface area contributed by atoms with Crippen LogP contribution in [-0.4, -0.2) is 12.7 Å². The molecule has 1 aliphatic heterocycles. The Labute approximate surface area is 108 Å². The molecule has 0 saturated heterocycles. The quantitative estimate of drug-likeness (QED) is 0.766. The third-order valence-electron chi connectivity index (χ3n) is 2.68. The first-order valence-corrected chi connectivity index (χ1v) is 6.26. The van der Waals surface area contributed by atoms with Gasteiger partial charge in [-0.05, 0) is 23.1 Å². The molecule has 1 aromatic rings. The van der Waals surface area contributed by atoms with Gasteiger partial charge in [-0.25, -0.2) is 5.53 Å². The number of nitrogens with one attached hydrogen (secondary N) is 3. The van der Waals surface area contributed by atoms with Crippen molar-refractivity contribution >= 4 is 5.69 Å². The van der Waals surface area contributed by atoms with Gasteiger partial charge in [0, 0.05) is 18.7 Å². The SMILES string of the molecule is CC(C)(C)CNc1ccc(CC2N=NNN2)cc1. The highest BCUT2D eigenvalue weighted by Crippen LogP contribution is 2.16. The summed E-state index contributed by atoms with van der Waals surface area (Å²) in [6.45, 7) is 7.63. The van der Waals surface area contributed by atoms with Crippen molar-refractivity contribution in [1.82, 2.24) is 11.0 Å². The van der Waals surface area contributed by atoms with Crippen LogP contribution in [0.25, 0.3) is 0 Å². The highest BCUT2D eigenvalue weighted by molar-refractivity contribution is 5.44. The van der Waals surface area contributed by atoms with Crippen molar-refractivity contribution < 1.29 is 0 Å². The summed E-state index contributed by atoms with van der Waals surface area (Å²) in [5.41, 5.74) is 8.30. The van der Waals surface area contributed by atoms with Crippen molar-refractivity contribution in [1.29, 1.82) is 0 Å². The Bertz CT molecular complexity index is 404. The molecule has 5 heteroatoms. The summed E-state index contributed by atoms with van der Waals surface area (Å²) in [4.78, 5) is 0. The number of nitrogens with zero attached hydrogens (tertiary/aromatic N) is 2. The zero-order chi connectivity index (χ0) is 13.0. The minimum absolute atomic E-state index is 0.0402. The van der Waals surface area contributed by atoms with Crippen molar-refractivity contribution in [2.45, 2.75) is 33.4 Å². The van der Waals surface area contributed by atoms with E-state index in [0.717, 1.165) is 18.7 Å². The molecule has 1 aliphatic rings. The number of rotatable bonds is 4. The standard InChI is InChI=1S/C13H21N5/c1-13(2,3)9-14-11-6-4-10(5-7-11)8-12-15-17-18-16-12/h4-7,12,14H,8-9H2,1-3H3,(H,15,18)(H,16,17). The van der Waals surface area contributed by atoms with E-state index in [2.05, 4.69) is 71.7 Å². The van der Waals surface area contributed by atoms with Crippen LogP contribution in [0.15, 0.2) is 34.6 Å². The molecule has 0 radical (unpaired) electrons. The van der Waals surface area contributed by atoms with E-state index in [1.807, 2.05) is 0 Å². The first kappa shape index (κ1) is 12.8. The van der Waals surface area contributed by atoms with Gasteiger partial charge in [-0.1, -0.05) is 38.1 Å². The van der Waals surface area contributed by atoms with Crippen LogP contribution < -0.4 is 16.3 Å². The zero-order valence-electron chi connectivity index (χ0n) is 11.2. The summed E-state index contributed by atoms with van der Waals surface area (Å²) < 4.78 is 0. The topological polar surface area (TPSA) is 60.8 Å². The molecule has 3 N–H and O–H groups in total. The van der Waals surface area contributed by atoms with Gasteiger partial charge in [0.05, 0.1) is 0 Å². The van der Waals surface area contributed by atoms with Crippen LogP contribution in [0.3, 0.4) is 0 Å². The van der Waals surface area contributed by atoms with Gasteiger partial charge in [0.15, 0.2) is 0 Å². The summed E-state index contributed by atoms with van der Waals surface area (Å²) in [6.07, 6.45) is 0.883. The first-order valence-electron chi connectivity index (χ1n) is 6.26. The molecule has 1 heterocycles. The minimum Gasteiger partial charge on any atom is -0.385 e. The Morgan fingerprint density at radius 3 is 2.50 bits per heavy atom. The monoisotopic (exact) mass is 247 g/mol. The second-order valence-corrected chi connectivity index (χ2v) is 5.80. The minimum atomic E-state index is 0.0402. The zero-order valence-corrected chi connectivity index (χ0v) is 11.2. The maximum absolute atomic E-state index is 4.01. The predicted octanol–water partition coefficient (Wildman–Crippen LogP) is 2.49. The first-order chi connectivity index (χ1) is 8.53. The Morgan fingerprint density at radius 1 is 1.22 bits per heavy atom. The Kier molecular flexibility index (Phi) is 3.81. The van der Waals surface area contributed by atoms with Gasteiger partial charge < -0.3 is 5.32 Å². The maximum Gasteiger partial charge on any atom is 0.144 e. The predicted molar refractivity (Wildman–Crippen MR) is 73.0 cm³/mol. The lowest BCUT2D eigenvalue weighted by atomic mass is 9.97. The van der Waals surface area contributed by atoms with Gasteiger partial charge in [-0.2, -0.15) is 5.43 Å². The molecule has 1 atom stereocenters. The summed E-state index contributed by atoms with van der Waals surface area (Å²) in [7, 11) is 0. The van der Waals surface area contributed by atoms with Crippen LogP contribution in [0.4, 0.5) is 5.69 Å². The molecule has 98 valence electrons. The van der Waals surface area contributed by atoms with E-state index in [0.29, 0.717) is 5.41 Å². The Balaban J connectivity index is 1.87. The molecule has 0 bridgehead atoms. The van der Waals surface area contributed by atoms with Crippen molar-refractivity contribution in [2.24, 2.45) is 15.8 Å². The lowest BCUT2D eigenvalue weighted by molar-refractivity contribution is 0.443. The number of hydrogen-bond acceptors (Lipinski definition) is 5. The van der Waals surface area contributed by atoms with E-state index in [1.54, 1.807) is 0 Å². The molecule has 1 unspecified atom stereocenters. The molecule has 0 fully saturated rings. The average molecular weight is 247 g/mol. The van der Waals surface area contributed by atoms with Crippen LogP contribution in [0.1, 0.15) is 26.3 Å². The molecule has 0 aliphatic carbocycles. The largest absolute Gasteiger partial charge is 0.385 e. The second kappa shape index (κ2) is 5.35. The van der Waals surface area contributed by atoms with Crippen molar-refractivity contribution in [2.75, 3.05) is 11.9 Å². The Morgan fingerprint density at radius 2 is 1.94 bits per heavy atom. The molecule has 0 saturated carbocycles. The van der Waals surface area contributed by atoms with Crippen LogP contribution in [0.5, 0.6) is 0 Å². The summed E-state index contributed by atoms with van der Waals surface area (Å²) >= 11 is 0. The molecular weight excluding hydrogens is 226 g/mol. The second-order valence-electron chi connectivity index (χ2n) is 5.80. The molecule has 2 rings (SSSR count). The van der Waals surface area contributed by atoms with Crippen LogP contribution in [-0.2, 0) is 6.42 Å². The smallest absolute Gasteiger partial charge is 0.144 e. The molecule has 0 amide bonds. The fourth-order valence-electron chi connectivity index (χ4n) is 1.67. The fourth-order valence-corrected chi connectivity index (χ4v) is 1.67. The average Bonchev–Trinajstić information content (AvgIpc) is 2.80. The highest BCUT2D eigenvalue weighted by Gasteiger charge is 2.12.